The van der Waals surface area contributed by atoms with Crippen LogP contribution in [0.1, 0.15) is 19.4 Å². The third kappa shape index (κ3) is 4.28. The molecule has 6 heteroatoms. The predicted octanol–water partition coefficient (Wildman–Crippen LogP) is 1.16. The van der Waals surface area contributed by atoms with Crippen LogP contribution in [0.25, 0.3) is 0 Å². The van der Waals surface area contributed by atoms with Gasteiger partial charge in [-0.3, -0.25) is 4.79 Å². The number of nitrogens with one attached hydrogen (secondary N) is 1. The van der Waals surface area contributed by atoms with E-state index in [1.165, 1.54) is 0 Å². The molecule has 0 saturated carbocycles. The highest BCUT2D eigenvalue weighted by Crippen LogP contribution is 2.16. The Morgan fingerprint density at radius 2 is 2.05 bits per heavy atom. The standard InChI is InChI=1S/C14H16N2O4/c1-9(2)13(14(18)19)16-12(17)8-20-11-6-4-3-5-10(11)7-15/h3-6,9,13H,8H2,1-2H3,(H,16,17)(H,18,19)/t13-/m0/s1. The molecular weight excluding hydrogens is 260 g/mol. The zero-order chi connectivity index (χ0) is 15.1. The van der Waals surface area contributed by atoms with Gasteiger partial charge in [0.25, 0.3) is 5.91 Å². The maximum absolute atomic E-state index is 11.7. The Morgan fingerprint density at radius 1 is 1.40 bits per heavy atom. The molecule has 0 bridgehead atoms. The topological polar surface area (TPSA) is 99.4 Å². The van der Waals surface area contributed by atoms with E-state index in [0.717, 1.165) is 0 Å². The lowest BCUT2D eigenvalue weighted by atomic mass is 10.1. The number of carbonyl (C=O) groups excluding carboxylic acids is 1. The highest BCUT2D eigenvalue weighted by Gasteiger charge is 2.23. The molecule has 6 nitrogen and oxygen atoms in total. The van der Waals surface area contributed by atoms with Gasteiger partial charge in [-0.25, -0.2) is 4.79 Å². The van der Waals surface area contributed by atoms with Crippen LogP contribution in [0.15, 0.2) is 24.3 Å². The molecule has 106 valence electrons. The first-order valence-electron chi connectivity index (χ1n) is 6.09. The summed E-state index contributed by atoms with van der Waals surface area (Å²) in [5.74, 6) is -1.57. The molecule has 0 radical (unpaired) electrons. The van der Waals surface area contributed by atoms with Crippen LogP contribution in [-0.4, -0.2) is 29.6 Å². The van der Waals surface area contributed by atoms with Crippen molar-refractivity contribution in [2.75, 3.05) is 6.61 Å². The molecule has 1 aromatic carbocycles. The van der Waals surface area contributed by atoms with Crippen LogP contribution in [0.2, 0.25) is 0 Å². The van der Waals surface area contributed by atoms with Crippen LogP contribution in [0, 0.1) is 17.2 Å². The fourth-order valence-corrected chi connectivity index (χ4v) is 1.56. The first-order valence-corrected chi connectivity index (χ1v) is 6.09. The van der Waals surface area contributed by atoms with Crippen molar-refractivity contribution in [3.05, 3.63) is 29.8 Å². The van der Waals surface area contributed by atoms with E-state index in [4.69, 9.17) is 15.1 Å². The van der Waals surface area contributed by atoms with E-state index in [1.807, 2.05) is 6.07 Å². The Hall–Kier alpha value is -2.55. The molecule has 0 aliphatic carbocycles. The van der Waals surface area contributed by atoms with Crippen LogP contribution < -0.4 is 10.1 Å². The molecule has 2 N–H and O–H groups in total. The lowest BCUT2D eigenvalue weighted by molar-refractivity contribution is -0.143. The first-order chi connectivity index (χ1) is 9.45. The molecule has 0 aliphatic rings. The number of benzene rings is 1. The summed E-state index contributed by atoms with van der Waals surface area (Å²) in [6, 6.07) is 7.50. The largest absolute Gasteiger partial charge is 0.482 e. The third-order valence-electron chi connectivity index (χ3n) is 2.62. The molecule has 1 aromatic rings. The number of nitrogens with zero attached hydrogens (tertiary/aromatic N) is 1. The number of carbonyl (C=O) groups is 2. The molecule has 0 heterocycles. The molecule has 0 aliphatic heterocycles. The van der Waals surface area contributed by atoms with Gasteiger partial charge in [-0.05, 0) is 18.1 Å². The zero-order valence-corrected chi connectivity index (χ0v) is 11.3. The number of rotatable bonds is 6. The van der Waals surface area contributed by atoms with Gasteiger partial charge >= 0.3 is 5.97 Å². The minimum atomic E-state index is -1.09. The number of para-hydroxylation sites is 1. The van der Waals surface area contributed by atoms with Crippen LogP contribution in [0.4, 0.5) is 0 Å². The second-order valence-corrected chi connectivity index (χ2v) is 4.52. The molecule has 0 unspecified atom stereocenters. The molecule has 0 saturated heterocycles. The number of carboxylic acids is 1. The summed E-state index contributed by atoms with van der Waals surface area (Å²) in [6.45, 7) is 3.06. The van der Waals surface area contributed by atoms with E-state index in [-0.39, 0.29) is 12.5 Å². The van der Waals surface area contributed by atoms with Crippen molar-refractivity contribution in [2.24, 2.45) is 5.92 Å². The van der Waals surface area contributed by atoms with Gasteiger partial charge in [-0.2, -0.15) is 5.26 Å². The molecule has 0 spiro atoms. The summed E-state index contributed by atoms with van der Waals surface area (Å²) in [5, 5.41) is 20.2. The van der Waals surface area contributed by atoms with Crippen molar-refractivity contribution in [1.82, 2.24) is 5.32 Å². The van der Waals surface area contributed by atoms with Gasteiger partial charge in [-0.1, -0.05) is 26.0 Å². The number of hydrogen-bond donors (Lipinski definition) is 2. The lowest BCUT2D eigenvalue weighted by Crippen LogP contribution is -2.46. The predicted molar refractivity (Wildman–Crippen MR) is 71.1 cm³/mol. The Balaban J connectivity index is 2.60. The Labute approximate surface area is 117 Å². The maximum Gasteiger partial charge on any atom is 0.326 e. The maximum atomic E-state index is 11.7. The van der Waals surface area contributed by atoms with Gasteiger partial charge in [-0.15, -0.1) is 0 Å². The SMILES string of the molecule is CC(C)[C@H](NC(=O)COc1ccccc1C#N)C(=O)O. The van der Waals surface area contributed by atoms with Gasteiger partial charge in [0, 0.05) is 0 Å². The molecule has 1 atom stereocenters. The molecule has 0 fully saturated rings. The normalized spacial score (nSPS) is 11.5. The minimum Gasteiger partial charge on any atom is -0.482 e. The number of carboxylic acid groups (broad SMARTS) is 1. The summed E-state index contributed by atoms with van der Waals surface area (Å²) in [4.78, 5) is 22.6. The van der Waals surface area contributed by atoms with E-state index in [0.29, 0.717) is 11.3 Å². The van der Waals surface area contributed by atoms with Crippen molar-refractivity contribution in [1.29, 1.82) is 5.26 Å². The molecule has 1 rings (SSSR count). The van der Waals surface area contributed by atoms with Crippen molar-refractivity contribution in [3.8, 4) is 11.8 Å². The lowest BCUT2D eigenvalue weighted by Gasteiger charge is -2.18. The first kappa shape index (κ1) is 15.5. The van der Waals surface area contributed by atoms with Crippen molar-refractivity contribution in [2.45, 2.75) is 19.9 Å². The minimum absolute atomic E-state index is 0.233. The Kier molecular flexibility index (Phi) is 5.54. The van der Waals surface area contributed by atoms with Gasteiger partial charge in [0.1, 0.15) is 17.9 Å². The van der Waals surface area contributed by atoms with Crippen molar-refractivity contribution in [3.63, 3.8) is 0 Å². The van der Waals surface area contributed by atoms with Crippen LogP contribution in [-0.2, 0) is 9.59 Å². The molecule has 20 heavy (non-hydrogen) atoms. The highest BCUT2D eigenvalue weighted by molar-refractivity contribution is 5.84. The summed E-state index contributed by atoms with van der Waals surface area (Å²) in [6.07, 6.45) is 0. The number of nitriles is 1. The van der Waals surface area contributed by atoms with E-state index >= 15 is 0 Å². The molecule has 1 amide bonds. The monoisotopic (exact) mass is 276 g/mol. The van der Waals surface area contributed by atoms with E-state index in [1.54, 1.807) is 38.1 Å². The van der Waals surface area contributed by atoms with Gasteiger partial charge in [0.05, 0.1) is 5.56 Å². The van der Waals surface area contributed by atoms with Crippen molar-refractivity contribution >= 4 is 11.9 Å². The number of ether oxygens (including phenoxy) is 1. The van der Waals surface area contributed by atoms with Gasteiger partial charge in [0.15, 0.2) is 6.61 Å². The van der Waals surface area contributed by atoms with E-state index < -0.39 is 17.9 Å². The fourth-order valence-electron chi connectivity index (χ4n) is 1.56. The van der Waals surface area contributed by atoms with E-state index in [2.05, 4.69) is 5.32 Å². The smallest absolute Gasteiger partial charge is 0.326 e. The zero-order valence-electron chi connectivity index (χ0n) is 11.3. The molecular formula is C14H16N2O4. The second-order valence-electron chi connectivity index (χ2n) is 4.52. The summed E-state index contributed by atoms with van der Waals surface area (Å²) < 4.78 is 5.22. The van der Waals surface area contributed by atoms with Crippen LogP contribution in [0.5, 0.6) is 5.75 Å². The van der Waals surface area contributed by atoms with Gasteiger partial charge < -0.3 is 15.2 Å². The summed E-state index contributed by atoms with van der Waals surface area (Å²) >= 11 is 0. The average molecular weight is 276 g/mol. The van der Waals surface area contributed by atoms with Crippen molar-refractivity contribution < 1.29 is 19.4 Å². The quantitative estimate of drug-likeness (QED) is 0.812. The number of amides is 1. The van der Waals surface area contributed by atoms with Crippen LogP contribution >= 0.6 is 0 Å². The highest BCUT2D eigenvalue weighted by atomic mass is 16.5. The van der Waals surface area contributed by atoms with Crippen LogP contribution in [0.3, 0.4) is 0 Å². The average Bonchev–Trinajstić information content (AvgIpc) is 2.42. The second kappa shape index (κ2) is 7.14. The summed E-state index contributed by atoms with van der Waals surface area (Å²) in [5.41, 5.74) is 0.318. The number of hydrogen-bond acceptors (Lipinski definition) is 4. The summed E-state index contributed by atoms with van der Waals surface area (Å²) in [7, 11) is 0. The Bertz CT molecular complexity index is 534. The third-order valence-corrected chi connectivity index (χ3v) is 2.62. The van der Waals surface area contributed by atoms with Gasteiger partial charge in [0.2, 0.25) is 0 Å². The molecule has 0 aromatic heterocycles. The van der Waals surface area contributed by atoms with E-state index in [9.17, 15) is 9.59 Å². The number of aliphatic carboxylic acids is 1. The fraction of sp³-hybridized carbons (Fsp3) is 0.357. The Morgan fingerprint density at radius 3 is 2.60 bits per heavy atom.